The van der Waals surface area contributed by atoms with Gasteiger partial charge in [0, 0.05) is 5.54 Å². The van der Waals surface area contributed by atoms with Crippen molar-refractivity contribution in [3.63, 3.8) is 0 Å². The molecular weight excluding hydrogens is 539 g/mol. The summed E-state index contributed by atoms with van der Waals surface area (Å²) in [6, 6.07) is 13.3. The average Bonchev–Trinajstić information content (AvgIpc) is 3.52. The zero-order valence-corrected chi connectivity index (χ0v) is 22.8. The molecule has 41 heavy (non-hydrogen) atoms. The van der Waals surface area contributed by atoms with E-state index in [0.29, 0.717) is 15.9 Å². The van der Waals surface area contributed by atoms with E-state index >= 15 is 0 Å². The predicted molar refractivity (Wildman–Crippen MR) is 141 cm³/mol. The number of amides is 2. The maximum Gasteiger partial charge on any atom is 0.453 e. The summed E-state index contributed by atoms with van der Waals surface area (Å²) >= 11 is 0. The number of alkyl halides is 3. The molecule has 2 N–H and O–H groups in total. The number of nitrogens with zero attached hydrogens (tertiary/aromatic N) is 7. The minimum Gasteiger partial charge on any atom is -0.347 e. The van der Waals surface area contributed by atoms with Crippen LogP contribution in [0.25, 0.3) is 5.69 Å². The standard InChI is InChI=1S/C27H26F3N9O2/c1-15-8-6-7-9-20(15)39-21(12-18(35-39)14-38-25(27(28,29)30)34-36-37-38)24(41)32-22-16(2)10-17(13-31)11-19(22)23(40)33-26(3,4)5/h6-12H,14H2,1-5H3,(H,32,41)(H,33,40). The van der Waals surface area contributed by atoms with E-state index in [0.717, 1.165) is 5.56 Å². The van der Waals surface area contributed by atoms with Gasteiger partial charge in [-0.05, 0) is 80.4 Å². The van der Waals surface area contributed by atoms with Crippen LogP contribution >= 0.6 is 0 Å². The highest BCUT2D eigenvalue weighted by Gasteiger charge is 2.38. The molecule has 0 aliphatic carbocycles. The number of rotatable bonds is 6. The Hall–Kier alpha value is -5.06. The van der Waals surface area contributed by atoms with Crippen LogP contribution in [0.15, 0.2) is 42.5 Å². The first-order chi connectivity index (χ1) is 19.2. The molecule has 2 aromatic carbocycles. The van der Waals surface area contributed by atoms with Crippen molar-refractivity contribution < 1.29 is 22.8 Å². The summed E-state index contributed by atoms with van der Waals surface area (Å²) < 4.78 is 41.9. The number of halogens is 3. The molecule has 0 aliphatic rings. The Balaban J connectivity index is 1.79. The Bertz CT molecular complexity index is 1670. The molecule has 2 amide bonds. The van der Waals surface area contributed by atoms with Crippen LogP contribution in [0.1, 0.15) is 69.8 Å². The van der Waals surface area contributed by atoms with Gasteiger partial charge in [0.15, 0.2) is 0 Å². The van der Waals surface area contributed by atoms with Gasteiger partial charge in [0.05, 0.1) is 40.8 Å². The molecule has 0 saturated heterocycles. The Morgan fingerprint density at radius 3 is 2.37 bits per heavy atom. The van der Waals surface area contributed by atoms with Crippen molar-refractivity contribution in [3.8, 4) is 11.8 Å². The van der Waals surface area contributed by atoms with Crippen molar-refractivity contribution >= 4 is 17.5 Å². The molecule has 212 valence electrons. The molecule has 2 heterocycles. The Kier molecular flexibility index (Phi) is 7.65. The molecule has 2 aromatic heterocycles. The lowest BCUT2D eigenvalue weighted by Crippen LogP contribution is -2.41. The van der Waals surface area contributed by atoms with Gasteiger partial charge in [-0.3, -0.25) is 9.59 Å². The van der Waals surface area contributed by atoms with Gasteiger partial charge < -0.3 is 10.6 Å². The first-order valence-electron chi connectivity index (χ1n) is 12.3. The highest BCUT2D eigenvalue weighted by Crippen LogP contribution is 2.28. The quantitative estimate of drug-likeness (QED) is 0.357. The van der Waals surface area contributed by atoms with E-state index in [1.807, 2.05) is 6.07 Å². The topological polar surface area (TPSA) is 143 Å². The smallest absolute Gasteiger partial charge is 0.347 e. The summed E-state index contributed by atoms with van der Waals surface area (Å²) in [5.74, 6) is -2.49. The normalized spacial score (nSPS) is 11.7. The molecular formula is C27H26F3N9O2. The number of carbonyl (C=O) groups excluding carboxylic acids is 2. The summed E-state index contributed by atoms with van der Waals surface area (Å²) in [6.07, 6.45) is -4.79. The lowest BCUT2D eigenvalue weighted by atomic mass is 10.0. The number of hydrogen-bond acceptors (Lipinski definition) is 7. The molecule has 0 spiro atoms. The summed E-state index contributed by atoms with van der Waals surface area (Å²) in [5, 5.41) is 29.0. The van der Waals surface area contributed by atoms with Crippen molar-refractivity contribution in [2.45, 2.75) is 52.9 Å². The molecule has 4 rings (SSSR count). The average molecular weight is 566 g/mol. The number of aromatic nitrogens is 6. The van der Waals surface area contributed by atoms with Gasteiger partial charge in [0.2, 0.25) is 0 Å². The molecule has 0 atom stereocenters. The second-order valence-electron chi connectivity index (χ2n) is 10.4. The third-order valence-corrected chi connectivity index (χ3v) is 5.87. The number of benzene rings is 2. The fourth-order valence-electron chi connectivity index (χ4n) is 4.10. The lowest BCUT2D eigenvalue weighted by Gasteiger charge is -2.22. The molecule has 11 nitrogen and oxygen atoms in total. The summed E-state index contributed by atoms with van der Waals surface area (Å²) in [6.45, 7) is 8.35. The minimum atomic E-state index is -4.79. The third kappa shape index (κ3) is 6.40. The largest absolute Gasteiger partial charge is 0.453 e. The number of nitriles is 1. The number of para-hydroxylation sites is 1. The predicted octanol–water partition coefficient (Wildman–Crippen LogP) is 4.20. The minimum absolute atomic E-state index is 0.0122. The maximum absolute atomic E-state index is 13.7. The molecule has 0 radical (unpaired) electrons. The molecule has 14 heteroatoms. The van der Waals surface area contributed by atoms with E-state index in [-0.39, 0.29) is 28.2 Å². The lowest BCUT2D eigenvalue weighted by molar-refractivity contribution is -0.147. The Morgan fingerprint density at radius 2 is 1.73 bits per heavy atom. The Morgan fingerprint density at radius 1 is 1.02 bits per heavy atom. The SMILES string of the molecule is Cc1ccccc1-n1nc(Cn2nnnc2C(F)(F)F)cc1C(=O)Nc1c(C)cc(C#N)cc1C(=O)NC(C)(C)C. The van der Waals surface area contributed by atoms with Crippen LogP contribution in [0, 0.1) is 25.2 Å². The molecule has 0 saturated carbocycles. The van der Waals surface area contributed by atoms with Gasteiger partial charge in [0.25, 0.3) is 17.6 Å². The molecule has 0 bridgehead atoms. The number of hydrogen-bond donors (Lipinski definition) is 2. The van der Waals surface area contributed by atoms with E-state index in [4.69, 9.17) is 0 Å². The second kappa shape index (κ2) is 10.8. The first-order valence-corrected chi connectivity index (χ1v) is 12.3. The first kappa shape index (κ1) is 28.9. The van der Waals surface area contributed by atoms with Crippen molar-refractivity contribution in [2.75, 3.05) is 5.32 Å². The molecule has 0 fully saturated rings. The fraction of sp³-hybridized carbons (Fsp3) is 0.296. The van der Waals surface area contributed by atoms with E-state index in [1.54, 1.807) is 58.9 Å². The Labute approximate surface area is 233 Å². The number of anilines is 1. The highest BCUT2D eigenvalue weighted by atomic mass is 19.4. The summed E-state index contributed by atoms with van der Waals surface area (Å²) in [7, 11) is 0. The summed E-state index contributed by atoms with van der Waals surface area (Å²) in [5.41, 5.74) is 1.67. The number of carbonyl (C=O) groups is 2. The molecule has 4 aromatic rings. The van der Waals surface area contributed by atoms with Gasteiger partial charge in [-0.15, -0.1) is 5.10 Å². The zero-order valence-electron chi connectivity index (χ0n) is 22.8. The molecule has 0 aliphatic heterocycles. The van der Waals surface area contributed by atoms with Gasteiger partial charge in [-0.2, -0.15) is 23.5 Å². The molecule has 0 unspecified atom stereocenters. The van der Waals surface area contributed by atoms with Crippen molar-refractivity contribution in [3.05, 3.63) is 81.9 Å². The van der Waals surface area contributed by atoms with E-state index in [1.165, 1.54) is 22.9 Å². The van der Waals surface area contributed by atoms with Crippen molar-refractivity contribution in [2.24, 2.45) is 0 Å². The van der Waals surface area contributed by atoms with Crippen LogP contribution in [0.3, 0.4) is 0 Å². The van der Waals surface area contributed by atoms with Crippen LogP contribution < -0.4 is 10.6 Å². The second-order valence-corrected chi connectivity index (χ2v) is 10.4. The van der Waals surface area contributed by atoms with Crippen molar-refractivity contribution in [1.82, 2.24) is 35.3 Å². The van der Waals surface area contributed by atoms with Crippen LogP contribution in [-0.4, -0.2) is 47.3 Å². The van der Waals surface area contributed by atoms with Gasteiger partial charge in [-0.1, -0.05) is 18.2 Å². The van der Waals surface area contributed by atoms with Crippen LogP contribution in [0.2, 0.25) is 0 Å². The number of tetrazole rings is 1. The van der Waals surface area contributed by atoms with E-state index in [2.05, 4.69) is 31.3 Å². The van der Waals surface area contributed by atoms with Crippen LogP contribution in [-0.2, 0) is 12.7 Å². The summed E-state index contributed by atoms with van der Waals surface area (Å²) in [4.78, 5) is 26.9. The third-order valence-electron chi connectivity index (χ3n) is 5.87. The van der Waals surface area contributed by atoms with Gasteiger partial charge >= 0.3 is 6.18 Å². The van der Waals surface area contributed by atoms with Crippen molar-refractivity contribution in [1.29, 1.82) is 5.26 Å². The highest BCUT2D eigenvalue weighted by molar-refractivity contribution is 6.09. The van der Waals surface area contributed by atoms with E-state index in [9.17, 15) is 28.0 Å². The van der Waals surface area contributed by atoms with Gasteiger partial charge in [-0.25, -0.2) is 9.36 Å². The van der Waals surface area contributed by atoms with Crippen LogP contribution in [0.4, 0.5) is 18.9 Å². The van der Waals surface area contributed by atoms with Crippen LogP contribution in [0.5, 0.6) is 0 Å². The monoisotopic (exact) mass is 565 g/mol. The van der Waals surface area contributed by atoms with Gasteiger partial charge in [0.1, 0.15) is 5.69 Å². The number of nitrogens with one attached hydrogen (secondary N) is 2. The maximum atomic E-state index is 13.7. The number of aryl methyl sites for hydroxylation is 2. The fourth-order valence-corrected chi connectivity index (χ4v) is 4.10. The zero-order chi connectivity index (χ0) is 30.1. The van der Waals surface area contributed by atoms with E-state index < -0.39 is 35.9 Å².